The van der Waals surface area contributed by atoms with E-state index in [-0.39, 0.29) is 6.61 Å². The summed E-state index contributed by atoms with van der Waals surface area (Å²) in [5, 5.41) is 18.9. The van der Waals surface area contributed by atoms with E-state index in [9.17, 15) is 5.11 Å². The lowest BCUT2D eigenvalue weighted by molar-refractivity contribution is 0.263. The summed E-state index contributed by atoms with van der Waals surface area (Å²) < 4.78 is 1.97. The van der Waals surface area contributed by atoms with Gasteiger partial charge in [0, 0.05) is 17.3 Å². The highest BCUT2D eigenvalue weighted by molar-refractivity contribution is 7.98. The lowest BCUT2D eigenvalue weighted by Gasteiger charge is -2.07. The lowest BCUT2D eigenvalue weighted by Crippen LogP contribution is -2.04. The SMILES string of the molecule is CCCn1c(CO)nnc1SCc1ccc(Cl)cc1. The maximum Gasteiger partial charge on any atom is 0.191 e. The van der Waals surface area contributed by atoms with Gasteiger partial charge in [-0.2, -0.15) is 0 Å². The fourth-order valence-electron chi connectivity index (χ4n) is 1.72. The molecule has 0 spiro atoms. The minimum absolute atomic E-state index is 0.0749. The number of benzene rings is 1. The van der Waals surface area contributed by atoms with Crippen LogP contribution >= 0.6 is 23.4 Å². The molecule has 6 heteroatoms. The third-order valence-corrected chi connectivity index (χ3v) is 3.95. The van der Waals surface area contributed by atoms with E-state index in [1.165, 1.54) is 5.56 Å². The number of aliphatic hydroxyl groups excluding tert-OH is 1. The Morgan fingerprint density at radius 3 is 2.63 bits per heavy atom. The number of aliphatic hydroxyl groups is 1. The van der Waals surface area contributed by atoms with Gasteiger partial charge in [0.25, 0.3) is 0 Å². The van der Waals surface area contributed by atoms with Crippen molar-refractivity contribution in [3.05, 3.63) is 40.7 Å². The molecule has 0 aliphatic heterocycles. The van der Waals surface area contributed by atoms with Gasteiger partial charge in [-0.05, 0) is 24.1 Å². The molecule has 1 N–H and O–H groups in total. The van der Waals surface area contributed by atoms with Crippen LogP contribution < -0.4 is 0 Å². The minimum atomic E-state index is -0.0749. The monoisotopic (exact) mass is 297 g/mol. The van der Waals surface area contributed by atoms with E-state index in [1.54, 1.807) is 11.8 Å². The van der Waals surface area contributed by atoms with E-state index in [0.717, 1.165) is 28.9 Å². The quantitative estimate of drug-likeness (QED) is 0.832. The summed E-state index contributed by atoms with van der Waals surface area (Å²) in [5.74, 6) is 1.44. The molecule has 0 fully saturated rings. The first-order chi connectivity index (χ1) is 9.24. The molecular weight excluding hydrogens is 282 g/mol. The molecule has 0 amide bonds. The molecule has 1 heterocycles. The van der Waals surface area contributed by atoms with Crippen LogP contribution in [0.15, 0.2) is 29.4 Å². The van der Waals surface area contributed by atoms with Crippen LogP contribution in [0.5, 0.6) is 0 Å². The molecule has 0 saturated heterocycles. The average Bonchev–Trinajstić information content (AvgIpc) is 2.81. The summed E-state index contributed by atoms with van der Waals surface area (Å²) in [6.07, 6.45) is 0.986. The number of nitrogens with zero attached hydrogens (tertiary/aromatic N) is 3. The zero-order valence-corrected chi connectivity index (χ0v) is 12.3. The molecule has 4 nitrogen and oxygen atoms in total. The second-order valence-corrected chi connectivity index (χ2v) is 5.50. The van der Waals surface area contributed by atoms with Gasteiger partial charge in [0.05, 0.1) is 0 Å². The molecule has 0 saturated carbocycles. The van der Waals surface area contributed by atoms with Crippen molar-refractivity contribution in [2.75, 3.05) is 0 Å². The van der Waals surface area contributed by atoms with Gasteiger partial charge in [0.1, 0.15) is 6.61 Å². The molecular formula is C13H16ClN3OS. The first-order valence-electron chi connectivity index (χ1n) is 6.14. The molecule has 1 aromatic heterocycles. The minimum Gasteiger partial charge on any atom is -0.388 e. The highest BCUT2D eigenvalue weighted by Gasteiger charge is 2.11. The van der Waals surface area contributed by atoms with E-state index in [2.05, 4.69) is 17.1 Å². The van der Waals surface area contributed by atoms with E-state index >= 15 is 0 Å². The average molecular weight is 298 g/mol. The van der Waals surface area contributed by atoms with Crippen LogP contribution in [-0.2, 0) is 18.9 Å². The molecule has 0 atom stereocenters. The maximum absolute atomic E-state index is 9.23. The molecule has 0 bridgehead atoms. The Morgan fingerprint density at radius 1 is 1.26 bits per heavy atom. The fourth-order valence-corrected chi connectivity index (χ4v) is 2.78. The normalized spacial score (nSPS) is 10.9. The molecule has 0 radical (unpaired) electrons. The standard InChI is InChI=1S/C13H16ClN3OS/c1-2-7-17-12(8-18)15-16-13(17)19-9-10-3-5-11(14)6-4-10/h3-6,18H,2,7-9H2,1H3. The topological polar surface area (TPSA) is 50.9 Å². The van der Waals surface area contributed by atoms with Crippen molar-refractivity contribution in [1.82, 2.24) is 14.8 Å². The number of hydrogen-bond donors (Lipinski definition) is 1. The van der Waals surface area contributed by atoms with Crippen LogP contribution in [0.4, 0.5) is 0 Å². The summed E-state index contributed by atoms with van der Waals surface area (Å²) in [5.41, 5.74) is 1.19. The van der Waals surface area contributed by atoms with Gasteiger partial charge in [-0.25, -0.2) is 0 Å². The van der Waals surface area contributed by atoms with Crippen LogP contribution in [0, 0.1) is 0 Å². The summed E-state index contributed by atoms with van der Waals surface area (Å²) in [4.78, 5) is 0. The first kappa shape index (κ1) is 14.4. The zero-order chi connectivity index (χ0) is 13.7. The van der Waals surface area contributed by atoms with E-state index in [1.807, 2.05) is 28.8 Å². The number of rotatable bonds is 6. The third-order valence-electron chi connectivity index (χ3n) is 2.66. The number of halogens is 1. The Bertz CT molecular complexity index is 527. The van der Waals surface area contributed by atoms with Gasteiger partial charge in [-0.3, -0.25) is 0 Å². The molecule has 1 aromatic carbocycles. The van der Waals surface area contributed by atoms with Gasteiger partial charge in [-0.15, -0.1) is 10.2 Å². The Labute approximate surface area is 121 Å². The van der Waals surface area contributed by atoms with Crippen molar-refractivity contribution in [3.63, 3.8) is 0 Å². The molecule has 0 aliphatic carbocycles. The van der Waals surface area contributed by atoms with Crippen molar-refractivity contribution < 1.29 is 5.11 Å². The van der Waals surface area contributed by atoms with Crippen LogP contribution in [0.1, 0.15) is 24.7 Å². The van der Waals surface area contributed by atoms with Crippen molar-refractivity contribution >= 4 is 23.4 Å². The highest BCUT2D eigenvalue weighted by atomic mass is 35.5. The summed E-state index contributed by atoms with van der Waals surface area (Å²) in [6.45, 7) is 2.84. The lowest BCUT2D eigenvalue weighted by atomic mass is 10.2. The van der Waals surface area contributed by atoms with Crippen molar-refractivity contribution in [1.29, 1.82) is 0 Å². The molecule has 102 valence electrons. The van der Waals surface area contributed by atoms with E-state index in [4.69, 9.17) is 11.6 Å². The Hall–Kier alpha value is -1.04. The molecule has 2 rings (SSSR count). The zero-order valence-electron chi connectivity index (χ0n) is 10.7. The summed E-state index contributed by atoms with van der Waals surface area (Å²) in [6, 6.07) is 7.77. The molecule has 0 aliphatic rings. The Balaban J connectivity index is 2.06. The predicted octanol–water partition coefficient (Wildman–Crippen LogP) is 3.13. The second kappa shape index (κ2) is 6.93. The number of thioether (sulfide) groups is 1. The van der Waals surface area contributed by atoms with Crippen molar-refractivity contribution in [2.24, 2.45) is 0 Å². The fraction of sp³-hybridized carbons (Fsp3) is 0.385. The number of hydrogen-bond acceptors (Lipinski definition) is 4. The molecule has 19 heavy (non-hydrogen) atoms. The van der Waals surface area contributed by atoms with Crippen LogP contribution in [0.25, 0.3) is 0 Å². The van der Waals surface area contributed by atoms with Gasteiger partial charge >= 0.3 is 0 Å². The van der Waals surface area contributed by atoms with Crippen LogP contribution in [0.3, 0.4) is 0 Å². The smallest absolute Gasteiger partial charge is 0.191 e. The summed E-state index contributed by atoms with van der Waals surface area (Å²) in [7, 11) is 0. The second-order valence-electron chi connectivity index (χ2n) is 4.12. The number of aromatic nitrogens is 3. The predicted molar refractivity (Wildman–Crippen MR) is 77.2 cm³/mol. The van der Waals surface area contributed by atoms with Crippen LogP contribution in [-0.4, -0.2) is 19.9 Å². The molecule has 2 aromatic rings. The maximum atomic E-state index is 9.23. The van der Waals surface area contributed by atoms with Gasteiger partial charge in [0.2, 0.25) is 0 Å². The van der Waals surface area contributed by atoms with E-state index in [0.29, 0.717) is 5.82 Å². The van der Waals surface area contributed by atoms with Gasteiger partial charge in [-0.1, -0.05) is 42.4 Å². The largest absolute Gasteiger partial charge is 0.388 e. The third kappa shape index (κ3) is 3.72. The van der Waals surface area contributed by atoms with Crippen LogP contribution in [0.2, 0.25) is 5.02 Å². The van der Waals surface area contributed by atoms with Crippen molar-refractivity contribution in [2.45, 2.75) is 37.4 Å². The van der Waals surface area contributed by atoms with E-state index < -0.39 is 0 Å². The van der Waals surface area contributed by atoms with Crippen molar-refractivity contribution in [3.8, 4) is 0 Å². The Morgan fingerprint density at radius 2 is 2.00 bits per heavy atom. The van der Waals surface area contributed by atoms with Gasteiger partial charge in [0.15, 0.2) is 11.0 Å². The Kier molecular flexibility index (Phi) is 5.24. The summed E-state index contributed by atoms with van der Waals surface area (Å²) >= 11 is 7.47. The molecule has 0 unspecified atom stereocenters. The first-order valence-corrected chi connectivity index (χ1v) is 7.51. The highest BCUT2D eigenvalue weighted by Crippen LogP contribution is 2.23. The van der Waals surface area contributed by atoms with Gasteiger partial charge < -0.3 is 9.67 Å².